The Bertz CT molecular complexity index is 511. The number of benzene rings is 1. The minimum Gasteiger partial charge on any atom is -0.326 e. The van der Waals surface area contributed by atoms with Gasteiger partial charge in [0.2, 0.25) is 5.91 Å². The molecule has 1 aromatic carbocycles. The van der Waals surface area contributed by atoms with E-state index in [9.17, 15) is 4.79 Å². The number of carbonyl (C=O) groups is 1. The van der Waals surface area contributed by atoms with Crippen molar-refractivity contribution in [1.82, 2.24) is 0 Å². The van der Waals surface area contributed by atoms with Gasteiger partial charge in [0, 0.05) is 16.6 Å². The zero-order valence-corrected chi connectivity index (χ0v) is 11.6. The van der Waals surface area contributed by atoms with Crippen molar-refractivity contribution in [3.05, 3.63) is 41.4 Å². The van der Waals surface area contributed by atoms with E-state index in [1.165, 1.54) is 19.3 Å². The molecule has 2 nitrogen and oxygen atoms in total. The Morgan fingerprint density at radius 3 is 3.05 bits per heavy atom. The van der Waals surface area contributed by atoms with Gasteiger partial charge in [-0.05, 0) is 49.3 Å². The maximum Gasteiger partial charge on any atom is 0.228 e. The normalized spacial score (nSPS) is 29.0. The van der Waals surface area contributed by atoms with Gasteiger partial charge in [0.25, 0.3) is 0 Å². The van der Waals surface area contributed by atoms with Crippen LogP contribution in [-0.2, 0) is 4.79 Å². The highest BCUT2D eigenvalue weighted by Gasteiger charge is 2.52. The molecule has 0 unspecified atom stereocenters. The lowest BCUT2D eigenvalue weighted by atomic mass is 10.1. The van der Waals surface area contributed by atoms with Crippen molar-refractivity contribution < 1.29 is 4.79 Å². The summed E-state index contributed by atoms with van der Waals surface area (Å²) >= 11 is 5.93. The zero-order chi connectivity index (χ0) is 13.2. The highest BCUT2D eigenvalue weighted by molar-refractivity contribution is 6.30. The third-order valence-electron chi connectivity index (χ3n) is 4.14. The van der Waals surface area contributed by atoms with Crippen LogP contribution in [0.5, 0.6) is 0 Å². The van der Waals surface area contributed by atoms with Gasteiger partial charge in [0.05, 0.1) is 0 Å². The van der Waals surface area contributed by atoms with Crippen LogP contribution < -0.4 is 5.32 Å². The fourth-order valence-electron chi connectivity index (χ4n) is 3.09. The summed E-state index contributed by atoms with van der Waals surface area (Å²) in [5, 5.41) is 3.64. The fourth-order valence-corrected chi connectivity index (χ4v) is 3.28. The first-order chi connectivity index (χ1) is 9.25. The molecule has 0 spiro atoms. The van der Waals surface area contributed by atoms with E-state index in [1.807, 2.05) is 18.2 Å². The molecule has 0 heterocycles. The second-order valence-electron chi connectivity index (χ2n) is 5.48. The van der Waals surface area contributed by atoms with Crippen LogP contribution in [0, 0.1) is 17.8 Å². The molecule has 0 bridgehead atoms. The molecule has 3 atom stereocenters. The molecule has 0 saturated heterocycles. The van der Waals surface area contributed by atoms with Crippen LogP contribution in [0.3, 0.4) is 0 Å². The van der Waals surface area contributed by atoms with E-state index in [0.717, 1.165) is 12.1 Å². The monoisotopic (exact) mass is 275 g/mol. The van der Waals surface area contributed by atoms with E-state index >= 15 is 0 Å². The summed E-state index contributed by atoms with van der Waals surface area (Å²) in [6.07, 6.45) is 9.32. The Hall–Kier alpha value is -1.28. The van der Waals surface area contributed by atoms with Crippen molar-refractivity contribution in [2.24, 2.45) is 17.8 Å². The number of rotatable bonds is 2. The van der Waals surface area contributed by atoms with Crippen molar-refractivity contribution in [1.29, 1.82) is 0 Å². The zero-order valence-electron chi connectivity index (χ0n) is 10.8. The molecule has 0 radical (unpaired) electrons. The molecule has 0 aromatic heterocycles. The van der Waals surface area contributed by atoms with Crippen LogP contribution in [0.2, 0.25) is 5.02 Å². The summed E-state index contributed by atoms with van der Waals surface area (Å²) in [5.41, 5.74) is 0.792. The van der Waals surface area contributed by atoms with Crippen molar-refractivity contribution in [3.8, 4) is 0 Å². The first-order valence-electron chi connectivity index (χ1n) is 6.99. The second-order valence-corrected chi connectivity index (χ2v) is 5.92. The van der Waals surface area contributed by atoms with Crippen LogP contribution in [-0.4, -0.2) is 5.91 Å². The number of carbonyl (C=O) groups excluding carboxylic acids is 1. The maximum atomic E-state index is 12.3. The van der Waals surface area contributed by atoms with Crippen LogP contribution in [0.1, 0.15) is 25.7 Å². The predicted octanol–water partition coefficient (Wildman–Crippen LogP) is 4.27. The van der Waals surface area contributed by atoms with Crippen LogP contribution in [0.25, 0.3) is 0 Å². The Morgan fingerprint density at radius 1 is 1.32 bits per heavy atom. The molecule has 19 heavy (non-hydrogen) atoms. The molecule has 2 aliphatic rings. The number of hydrogen-bond acceptors (Lipinski definition) is 1. The maximum absolute atomic E-state index is 12.3. The molecule has 1 saturated carbocycles. The van der Waals surface area contributed by atoms with E-state index < -0.39 is 0 Å². The lowest BCUT2D eigenvalue weighted by molar-refractivity contribution is -0.117. The summed E-state index contributed by atoms with van der Waals surface area (Å²) in [7, 11) is 0. The minimum atomic E-state index is 0.142. The number of hydrogen-bond donors (Lipinski definition) is 1. The van der Waals surface area contributed by atoms with Gasteiger partial charge in [-0.15, -0.1) is 0 Å². The molecule has 1 aromatic rings. The van der Waals surface area contributed by atoms with Gasteiger partial charge < -0.3 is 5.32 Å². The van der Waals surface area contributed by atoms with Crippen LogP contribution in [0.4, 0.5) is 5.69 Å². The Kier molecular flexibility index (Phi) is 3.61. The molecule has 1 amide bonds. The van der Waals surface area contributed by atoms with Gasteiger partial charge in [0.1, 0.15) is 0 Å². The van der Waals surface area contributed by atoms with E-state index in [1.54, 1.807) is 6.07 Å². The average Bonchev–Trinajstić information content (AvgIpc) is 3.00. The molecular formula is C16H18ClNO. The van der Waals surface area contributed by atoms with Gasteiger partial charge in [-0.1, -0.05) is 36.2 Å². The SMILES string of the molecule is O=C(Nc1cccc(Cl)c1)[C@@H]1[C@H]2C=CCCCC[C@@H]21. The number of halogens is 1. The molecule has 1 fully saturated rings. The fraction of sp³-hybridized carbons (Fsp3) is 0.438. The standard InChI is InChI=1S/C16H18ClNO/c17-11-6-5-7-12(10-11)18-16(19)15-13-8-3-1-2-4-9-14(13)15/h3,5-8,10,13-15H,1-2,4,9H2,(H,18,19)/t13-,14-,15+/m0/s1. The summed E-state index contributed by atoms with van der Waals surface area (Å²) in [6.45, 7) is 0. The number of amides is 1. The van der Waals surface area contributed by atoms with E-state index in [2.05, 4.69) is 17.5 Å². The largest absolute Gasteiger partial charge is 0.326 e. The number of fused-ring (bicyclic) bond motifs is 1. The lowest BCUT2D eigenvalue weighted by Crippen LogP contribution is -2.15. The van der Waals surface area contributed by atoms with Crippen LogP contribution in [0.15, 0.2) is 36.4 Å². The minimum absolute atomic E-state index is 0.142. The van der Waals surface area contributed by atoms with Gasteiger partial charge in [-0.2, -0.15) is 0 Å². The second kappa shape index (κ2) is 5.38. The van der Waals surface area contributed by atoms with Crippen LogP contribution >= 0.6 is 11.6 Å². The molecule has 3 heteroatoms. The summed E-state index contributed by atoms with van der Waals surface area (Å²) in [6, 6.07) is 7.34. The third kappa shape index (κ3) is 2.84. The van der Waals surface area contributed by atoms with Crippen molar-refractivity contribution >= 4 is 23.2 Å². The van der Waals surface area contributed by atoms with E-state index in [0.29, 0.717) is 16.9 Å². The molecule has 3 rings (SSSR count). The smallest absolute Gasteiger partial charge is 0.228 e. The Morgan fingerprint density at radius 2 is 2.21 bits per heavy atom. The highest BCUT2D eigenvalue weighted by Crippen LogP contribution is 2.51. The highest BCUT2D eigenvalue weighted by atomic mass is 35.5. The quantitative estimate of drug-likeness (QED) is 0.803. The van der Waals surface area contributed by atoms with Gasteiger partial charge >= 0.3 is 0 Å². The molecule has 100 valence electrons. The predicted molar refractivity (Wildman–Crippen MR) is 78.2 cm³/mol. The summed E-state index contributed by atoms with van der Waals surface area (Å²) in [5.74, 6) is 1.31. The van der Waals surface area contributed by atoms with E-state index in [4.69, 9.17) is 11.6 Å². The van der Waals surface area contributed by atoms with Gasteiger partial charge in [0.15, 0.2) is 0 Å². The number of nitrogens with one attached hydrogen (secondary N) is 1. The number of allylic oxidation sites excluding steroid dienone is 2. The Balaban J connectivity index is 1.65. The lowest BCUT2D eigenvalue weighted by Gasteiger charge is -2.05. The average molecular weight is 276 g/mol. The Labute approximate surface area is 118 Å². The third-order valence-corrected chi connectivity index (χ3v) is 4.38. The number of anilines is 1. The van der Waals surface area contributed by atoms with Gasteiger partial charge in [-0.25, -0.2) is 0 Å². The van der Waals surface area contributed by atoms with Crippen molar-refractivity contribution in [3.63, 3.8) is 0 Å². The molecule has 0 aliphatic heterocycles. The molecular weight excluding hydrogens is 258 g/mol. The molecule has 2 aliphatic carbocycles. The molecule has 1 N–H and O–H groups in total. The topological polar surface area (TPSA) is 29.1 Å². The first-order valence-corrected chi connectivity index (χ1v) is 7.36. The van der Waals surface area contributed by atoms with Crippen molar-refractivity contribution in [2.75, 3.05) is 5.32 Å². The van der Waals surface area contributed by atoms with E-state index in [-0.39, 0.29) is 11.8 Å². The van der Waals surface area contributed by atoms with Gasteiger partial charge in [-0.3, -0.25) is 4.79 Å². The summed E-state index contributed by atoms with van der Waals surface area (Å²) in [4.78, 5) is 12.3. The van der Waals surface area contributed by atoms with Crippen molar-refractivity contribution in [2.45, 2.75) is 25.7 Å². The summed E-state index contributed by atoms with van der Waals surface area (Å²) < 4.78 is 0. The first kappa shape index (κ1) is 12.7.